The van der Waals surface area contributed by atoms with E-state index >= 15 is 0 Å². The molecular weight excluding hydrogens is 461 g/mol. The van der Waals surface area contributed by atoms with Gasteiger partial charge in [-0.3, -0.25) is 14.7 Å². The fourth-order valence-electron chi connectivity index (χ4n) is 3.09. The highest BCUT2D eigenvalue weighted by Crippen LogP contribution is 2.61. The van der Waals surface area contributed by atoms with Crippen molar-refractivity contribution in [1.82, 2.24) is 9.55 Å². The van der Waals surface area contributed by atoms with Crippen molar-refractivity contribution in [3.05, 3.63) is 87.7 Å². The molecule has 1 aromatic heterocycles. The molecule has 0 bridgehead atoms. The molecule has 0 saturated carbocycles. The number of hydrogen-bond donors (Lipinski definition) is 2. The number of benzene rings is 2. The summed E-state index contributed by atoms with van der Waals surface area (Å²) in [6.07, 6.45) is -2.68. The van der Waals surface area contributed by atoms with Crippen molar-refractivity contribution >= 4 is 13.3 Å². The minimum atomic E-state index is -5.45. The maximum absolute atomic E-state index is 13.5. The van der Waals surface area contributed by atoms with Crippen LogP contribution in [-0.2, 0) is 23.1 Å². The van der Waals surface area contributed by atoms with E-state index in [0.717, 1.165) is 30.3 Å². The second-order valence-corrected chi connectivity index (χ2v) is 8.31. The van der Waals surface area contributed by atoms with E-state index in [2.05, 4.69) is 4.98 Å². The summed E-state index contributed by atoms with van der Waals surface area (Å²) < 4.78 is 73.1. The Hall–Kier alpha value is -3.28. The molecule has 3 rings (SSSR count). The molecular formula is C18H14F4N3O6P. The van der Waals surface area contributed by atoms with Gasteiger partial charge in [0, 0.05) is 31.1 Å². The zero-order valence-electron chi connectivity index (χ0n) is 16.0. The van der Waals surface area contributed by atoms with Gasteiger partial charge >= 0.3 is 13.8 Å². The van der Waals surface area contributed by atoms with E-state index in [1.807, 2.05) is 0 Å². The number of imidazole rings is 1. The average Bonchev–Trinajstić information content (AvgIpc) is 3.11. The van der Waals surface area contributed by atoms with E-state index in [-0.39, 0.29) is 11.6 Å². The highest BCUT2D eigenvalue weighted by Gasteiger charge is 2.56. The normalized spacial score (nSPS) is 14.1. The van der Waals surface area contributed by atoms with Crippen molar-refractivity contribution < 1.29 is 41.6 Å². The Morgan fingerprint density at radius 2 is 1.78 bits per heavy atom. The summed E-state index contributed by atoms with van der Waals surface area (Å²) in [5.74, 6) is -1.88. The van der Waals surface area contributed by atoms with Crippen molar-refractivity contribution in [3.63, 3.8) is 0 Å². The molecule has 0 spiro atoms. The van der Waals surface area contributed by atoms with E-state index in [1.165, 1.54) is 24.0 Å². The van der Waals surface area contributed by atoms with Gasteiger partial charge in [0.15, 0.2) is 5.82 Å². The molecule has 0 aliphatic rings. The molecule has 9 nitrogen and oxygen atoms in total. The smallest absolute Gasteiger partial charge is 0.423 e. The van der Waals surface area contributed by atoms with Crippen LogP contribution in [0.25, 0.3) is 0 Å². The number of nitrogens with zero attached hydrogens (tertiary/aromatic N) is 3. The van der Waals surface area contributed by atoms with Gasteiger partial charge in [0.25, 0.3) is 11.0 Å². The molecule has 1 atom stereocenters. The number of aryl methyl sites for hydroxylation is 1. The van der Waals surface area contributed by atoms with Crippen LogP contribution in [0.4, 0.5) is 23.2 Å². The second-order valence-electron chi connectivity index (χ2n) is 6.59. The third-order valence-corrected chi connectivity index (χ3v) is 5.88. The van der Waals surface area contributed by atoms with Crippen LogP contribution >= 0.6 is 7.60 Å². The zero-order chi connectivity index (χ0) is 23.9. The molecule has 0 fully saturated rings. The lowest BCUT2D eigenvalue weighted by Gasteiger charge is -2.34. The number of rotatable bonds is 6. The predicted molar refractivity (Wildman–Crippen MR) is 101 cm³/mol. The monoisotopic (exact) mass is 475 g/mol. The van der Waals surface area contributed by atoms with E-state index in [0.29, 0.717) is 6.07 Å². The van der Waals surface area contributed by atoms with Crippen molar-refractivity contribution in [2.45, 2.75) is 11.5 Å². The molecule has 14 heteroatoms. The molecule has 170 valence electrons. The molecule has 1 unspecified atom stereocenters. The first-order valence-corrected chi connectivity index (χ1v) is 10.2. The standard InChI is InChI=1S/C18H14F4N3O6P/c1-24-9-8-23-16(24)17(32(28,29)30,11-2-4-12(19)5-3-11)31-13-6-7-15(25(26)27)14(10-13)18(20,21)22/h2-10H,1H3,(H2,28,29,30). The van der Waals surface area contributed by atoms with Crippen LogP contribution in [0.5, 0.6) is 5.75 Å². The molecule has 1 heterocycles. The summed E-state index contributed by atoms with van der Waals surface area (Å²) in [6.45, 7) is 0. The third-order valence-electron chi connectivity index (χ3n) is 4.51. The van der Waals surface area contributed by atoms with Crippen LogP contribution in [0.15, 0.2) is 54.9 Å². The quantitative estimate of drug-likeness (QED) is 0.239. The minimum absolute atomic E-state index is 0.259. The molecule has 0 amide bonds. The topological polar surface area (TPSA) is 128 Å². The first-order chi connectivity index (χ1) is 14.8. The summed E-state index contributed by atoms with van der Waals surface area (Å²) in [4.78, 5) is 34.2. The highest BCUT2D eigenvalue weighted by atomic mass is 31.2. The minimum Gasteiger partial charge on any atom is -0.462 e. The number of alkyl halides is 3. The van der Waals surface area contributed by atoms with Crippen molar-refractivity contribution in [2.75, 3.05) is 0 Å². The summed E-state index contributed by atoms with van der Waals surface area (Å²) >= 11 is 0. The van der Waals surface area contributed by atoms with E-state index < -0.39 is 52.7 Å². The van der Waals surface area contributed by atoms with Gasteiger partial charge in [-0.2, -0.15) is 13.2 Å². The van der Waals surface area contributed by atoms with Crippen LogP contribution in [0.3, 0.4) is 0 Å². The lowest BCUT2D eigenvalue weighted by atomic mass is 10.1. The number of nitro groups is 1. The molecule has 0 aliphatic heterocycles. The first kappa shape index (κ1) is 23.4. The zero-order valence-corrected chi connectivity index (χ0v) is 16.9. The third kappa shape index (κ3) is 4.09. The van der Waals surface area contributed by atoms with Gasteiger partial charge in [-0.05, 0) is 24.3 Å². The van der Waals surface area contributed by atoms with Crippen LogP contribution in [-0.4, -0.2) is 24.3 Å². The molecule has 2 N–H and O–H groups in total. The molecule has 0 aliphatic carbocycles. The van der Waals surface area contributed by atoms with Gasteiger partial charge in [-0.15, -0.1) is 0 Å². The summed E-state index contributed by atoms with van der Waals surface area (Å²) in [5.41, 5.74) is -3.27. The Bertz CT molecular complexity index is 1210. The van der Waals surface area contributed by atoms with Crippen LogP contribution < -0.4 is 4.74 Å². The Morgan fingerprint density at radius 3 is 2.25 bits per heavy atom. The number of aromatic nitrogens is 2. The van der Waals surface area contributed by atoms with Gasteiger partial charge in [0.1, 0.15) is 17.1 Å². The summed E-state index contributed by atoms with van der Waals surface area (Å²) in [6, 6.07) is 5.26. The molecule has 0 radical (unpaired) electrons. The number of halogens is 4. The number of nitro benzene ring substituents is 1. The van der Waals surface area contributed by atoms with Crippen LogP contribution in [0.1, 0.15) is 17.0 Å². The van der Waals surface area contributed by atoms with Crippen LogP contribution in [0.2, 0.25) is 0 Å². The summed E-state index contributed by atoms with van der Waals surface area (Å²) in [5, 5.41) is 8.21. The fraction of sp³-hybridized carbons (Fsp3) is 0.167. The maximum Gasteiger partial charge on any atom is 0.423 e. The molecule has 32 heavy (non-hydrogen) atoms. The van der Waals surface area contributed by atoms with E-state index in [1.54, 1.807) is 0 Å². The SMILES string of the molecule is Cn1ccnc1C(Oc1ccc([N+](=O)[O-])c(C(F)(F)F)c1)(c1ccc(F)cc1)P(=O)(O)O. The second kappa shape index (κ2) is 8.01. The lowest BCUT2D eigenvalue weighted by molar-refractivity contribution is -0.388. The number of hydrogen-bond acceptors (Lipinski definition) is 5. The Kier molecular flexibility index (Phi) is 5.85. The van der Waals surface area contributed by atoms with Gasteiger partial charge in [-0.25, -0.2) is 9.37 Å². The van der Waals surface area contributed by atoms with Gasteiger partial charge in [0.2, 0.25) is 0 Å². The van der Waals surface area contributed by atoms with Crippen molar-refractivity contribution in [3.8, 4) is 5.75 Å². The largest absolute Gasteiger partial charge is 0.462 e. The molecule has 0 saturated heterocycles. The van der Waals surface area contributed by atoms with E-state index in [9.17, 15) is 42.0 Å². The van der Waals surface area contributed by atoms with Crippen LogP contribution in [0, 0.1) is 15.9 Å². The molecule has 2 aromatic carbocycles. The predicted octanol–water partition coefficient (Wildman–Crippen LogP) is 3.94. The first-order valence-electron chi connectivity index (χ1n) is 8.61. The van der Waals surface area contributed by atoms with Gasteiger partial charge in [0.05, 0.1) is 4.92 Å². The Balaban J connectivity index is 2.31. The van der Waals surface area contributed by atoms with Crippen molar-refractivity contribution in [1.29, 1.82) is 0 Å². The Labute approximate surface area is 177 Å². The number of ether oxygens (including phenoxy) is 1. The van der Waals surface area contributed by atoms with Gasteiger partial charge in [-0.1, -0.05) is 12.1 Å². The van der Waals surface area contributed by atoms with Crippen molar-refractivity contribution in [2.24, 2.45) is 7.05 Å². The molecule has 3 aromatic rings. The lowest BCUT2D eigenvalue weighted by Crippen LogP contribution is -2.37. The fourth-order valence-corrected chi connectivity index (χ4v) is 4.28. The van der Waals surface area contributed by atoms with Gasteiger partial charge < -0.3 is 19.1 Å². The van der Waals surface area contributed by atoms with E-state index in [4.69, 9.17) is 4.74 Å². The average molecular weight is 475 g/mol. The summed E-state index contributed by atoms with van der Waals surface area (Å²) in [7, 11) is -4.10. The highest BCUT2D eigenvalue weighted by molar-refractivity contribution is 7.53. The maximum atomic E-state index is 13.5. The Morgan fingerprint density at radius 1 is 1.16 bits per heavy atom.